The Labute approximate surface area is 147 Å². The van der Waals surface area contributed by atoms with Crippen molar-refractivity contribution in [3.05, 3.63) is 75.9 Å². The fourth-order valence-electron chi connectivity index (χ4n) is 2.67. The van der Waals surface area contributed by atoms with Crippen LogP contribution in [0.3, 0.4) is 0 Å². The predicted molar refractivity (Wildman–Crippen MR) is 98.0 cm³/mol. The summed E-state index contributed by atoms with van der Waals surface area (Å²) in [4.78, 5) is 11.3. The van der Waals surface area contributed by atoms with Crippen molar-refractivity contribution in [3.8, 4) is 6.07 Å². The fraction of sp³-hybridized carbons (Fsp3) is 0.0526. The maximum absolute atomic E-state index is 11.3. The van der Waals surface area contributed by atoms with Crippen LogP contribution < -0.4 is 5.73 Å². The van der Waals surface area contributed by atoms with Gasteiger partial charge in [0, 0.05) is 33.7 Å². The lowest BCUT2D eigenvalue weighted by atomic mass is 10.1. The largest absolute Gasteiger partial charge is 0.365 e. The van der Waals surface area contributed by atoms with Crippen molar-refractivity contribution in [1.29, 1.82) is 5.26 Å². The van der Waals surface area contributed by atoms with Gasteiger partial charge in [0.1, 0.15) is 11.6 Å². The molecule has 0 aliphatic heterocycles. The molecule has 1 amide bonds. The SMILES string of the molecule is N#C/C(=C/c1cn(Cc2cccc(Br)c2)c2ccccc12)C(N)=O. The molecule has 5 heteroatoms. The molecule has 0 radical (unpaired) electrons. The molecule has 0 saturated heterocycles. The first-order valence-electron chi connectivity index (χ1n) is 7.32. The lowest BCUT2D eigenvalue weighted by Gasteiger charge is -2.06. The zero-order valence-electron chi connectivity index (χ0n) is 12.7. The van der Waals surface area contributed by atoms with Gasteiger partial charge in [0.05, 0.1) is 0 Å². The van der Waals surface area contributed by atoms with Gasteiger partial charge in [-0.05, 0) is 29.8 Å². The summed E-state index contributed by atoms with van der Waals surface area (Å²) in [6.07, 6.45) is 3.48. The van der Waals surface area contributed by atoms with E-state index in [1.165, 1.54) is 0 Å². The number of fused-ring (bicyclic) bond motifs is 1. The molecule has 0 bridgehead atoms. The first-order chi connectivity index (χ1) is 11.6. The number of primary amides is 1. The zero-order chi connectivity index (χ0) is 17.1. The smallest absolute Gasteiger partial charge is 0.259 e. The predicted octanol–water partition coefficient (Wildman–Crippen LogP) is 3.84. The number of aromatic nitrogens is 1. The molecule has 0 fully saturated rings. The van der Waals surface area contributed by atoms with Crippen LogP contribution >= 0.6 is 15.9 Å². The molecule has 4 nitrogen and oxygen atoms in total. The van der Waals surface area contributed by atoms with Gasteiger partial charge in [-0.3, -0.25) is 4.79 Å². The third-order valence-corrected chi connectivity index (χ3v) is 4.24. The number of amides is 1. The van der Waals surface area contributed by atoms with Crippen molar-refractivity contribution in [2.75, 3.05) is 0 Å². The highest BCUT2D eigenvalue weighted by Crippen LogP contribution is 2.25. The standard InChI is InChI=1S/C19H14BrN3O/c20-16-5-3-4-13(8-16)11-23-12-15(9-14(10-21)19(22)24)17-6-1-2-7-18(17)23/h1-9,12H,11H2,(H2,22,24)/b14-9-. The maximum Gasteiger partial charge on any atom is 0.259 e. The molecular formula is C19H14BrN3O. The Morgan fingerprint density at radius 1 is 1.25 bits per heavy atom. The molecule has 3 aromatic rings. The van der Waals surface area contributed by atoms with E-state index >= 15 is 0 Å². The average molecular weight is 380 g/mol. The van der Waals surface area contributed by atoms with Gasteiger partial charge in [-0.15, -0.1) is 0 Å². The van der Waals surface area contributed by atoms with Crippen LogP contribution in [0.4, 0.5) is 0 Å². The topological polar surface area (TPSA) is 71.8 Å². The third-order valence-electron chi connectivity index (χ3n) is 3.75. The van der Waals surface area contributed by atoms with E-state index in [9.17, 15) is 4.79 Å². The normalized spacial score (nSPS) is 11.4. The summed E-state index contributed by atoms with van der Waals surface area (Å²) in [6, 6.07) is 17.8. The monoisotopic (exact) mass is 379 g/mol. The Kier molecular flexibility index (Phi) is 4.50. The summed E-state index contributed by atoms with van der Waals surface area (Å²) in [6.45, 7) is 0.687. The van der Waals surface area contributed by atoms with Crippen LogP contribution in [0.15, 0.2) is 64.8 Å². The van der Waals surface area contributed by atoms with Gasteiger partial charge < -0.3 is 10.3 Å². The molecule has 0 saturated carbocycles. The van der Waals surface area contributed by atoms with E-state index in [4.69, 9.17) is 11.0 Å². The summed E-state index contributed by atoms with van der Waals surface area (Å²) < 4.78 is 3.12. The van der Waals surface area contributed by atoms with Crippen LogP contribution in [0.1, 0.15) is 11.1 Å². The van der Waals surface area contributed by atoms with Crippen molar-refractivity contribution < 1.29 is 4.79 Å². The fourth-order valence-corrected chi connectivity index (χ4v) is 3.11. The second-order valence-corrected chi connectivity index (χ2v) is 6.31. The molecule has 1 aromatic heterocycles. The van der Waals surface area contributed by atoms with Gasteiger partial charge >= 0.3 is 0 Å². The average Bonchev–Trinajstić information content (AvgIpc) is 2.90. The summed E-state index contributed by atoms with van der Waals surface area (Å²) in [5, 5.41) is 10.0. The van der Waals surface area contributed by atoms with Gasteiger partial charge in [0.15, 0.2) is 0 Å². The molecule has 0 aliphatic carbocycles. The van der Waals surface area contributed by atoms with E-state index < -0.39 is 5.91 Å². The van der Waals surface area contributed by atoms with Gasteiger partial charge in [-0.25, -0.2) is 0 Å². The minimum absolute atomic E-state index is 0.0552. The molecular weight excluding hydrogens is 366 g/mol. The molecule has 1 heterocycles. The number of halogens is 1. The van der Waals surface area contributed by atoms with E-state index in [0.29, 0.717) is 6.54 Å². The number of para-hydroxylation sites is 1. The Morgan fingerprint density at radius 3 is 2.75 bits per heavy atom. The lowest BCUT2D eigenvalue weighted by molar-refractivity contribution is -0.114. The summed E-state index contributed by atoms with van der Waals surface area (Å²) in [7, 11) is 0. The van der Waals surface area contributed by atoms with Gasteiger partial charge in [-0.2, -0.15) is 5.26 Å². The highest BCUT2D eigenvalue weighted by atomic mass is 79.9. The van der Waals surface area contributed by atoms with E-state index in [2.05, 4.69) is 32.6 Å². The number of carbonyl (C=O) groups excluding carboxylic acids is 1. The number of nitriles is 1. The van der Waals surface area contributed by atoms with E-state index in [1.807, 2.05) is 48.7 Å². The Bertz CT molecular complexity index is 995. The lowest BCUT2D eigenvalue weighted by Crippen LogP contribution is -2.12. The summed E-state index contributed by atoms with van der Waals surface area (Å²) >= 11 is 3.48. The van der Waals surface area contributed by atoms with Crippen LogP contribution in [0.5, 0.6) is 0 Å². The molecule has 2 aromatic carbocycles. The van der Waals surface area contributed by atoms with E-state index in [0.717, 1.165) is 26.5 Å². The van der Waals surface area contributed by atoms with Crippen molar-refractivity contribution >= 4 is 38.8 Å². The summed E-state index contributed by atoms with van der Waals surface area (Å²) in [5.41, 5.74) is 8.17. The van der Waals surface area contributed by atoms with E-state index in [1.54, 1.807) is 6.08 Å². The number of benzene rings is 2. The van der Waals surface area contributed by atoms with Crippen molar-refractivity contribution in [3.63, 3.8) is 0 Å². The van der Waals surface area contributed by atoms with Crippen molar-refractivity contribution in [2.45, 2.75) is 6.54 Å². The van der Waals surface area contributed by atoms with Crippen LogP contribution in [-0.2, 0) is 11.3 Å². The highest BCUT2D eigenvalue weighted by molar-refractivity contribution is 9.10. The molecule has 0 spiro atoms. The van der Waals surface area contributed by atoms with Crippen LogP contribution in [0.2, 0.25) is 0 Å². The molecule has 0 unspecified atom stereocenters. The van der Waals surface area contributed by atoms with Gasteiger partial charge in [0.2, 0.25) is 0 Å². The van der Waals surface area contributed by atoms with Crippen molar-refractivity contribution in [2.24, 2.45) is 5.73 Å². The molecule has 2 N–H and O–H groups in total. The number of hydrogen-bond donors (Lipinski definition) is 1. The van der Waals surface area contributed by atoms with Crippen LogP contribution in [-0.4, -0.2) is 10.5 Å². The third kappa shape index (κ3) is 3.24. The van der Waals surface area contributed by atoms with E-state index in [-0.39, 0.29) is 5.57 Å². The number of rotatable bonds is 4. The molecule has 24 heavy (non-hydrogen) atoms. The number of nitrogens with two attached hydrogens (primary N) is 1. The van der Waals surface area contributed by atoms with Gasteiger partial charge in [0.25, 0.3) is 5.91 Å². The highest BCUT2D eigenvalue weighted by Gasteiger charge is 2.10. The molecule has 118 valence electrons. The Balaban J connectivity index is 2.10. The Morgan fingerprint density at radius 2 is 2.04 bits per heavy atom. The van der Waals surface area contributed by atoms with Crippen LogP contribution in [0.25, 0.3) is 17.0 Å². The second-order valence-electron chi connectivity index (χ2n) is 5.39. The molecule has 0 aliphatic rings. The minimum atomic E-state index is -0.721. The van der Waals surface area contributed by atoms with Gasteiger partial charge in [-0.1, -0.05) is 46.3 Å². The molecule has 0 atom stereocenters. The molecule has 3 rings (SSSR count). The number of nitrogens with zero attached hydrogens (tertiary/aromatic N) is 2. The Hall–Kier alpha value is -2.84. The summed E-state index contributed by atoms with van der Waals surface area (Å²) in [5.74, 6) is -0.721. The van der Waals surface area contributed by atoms with Crippen LogP contribution in [0, 0.1) is 11.3 Å². The number of hydrogen-bond acceptors (Lipinski definition) is 2. The zero-order valence-corrected chi connectivity index (χ0v) is 14.3. The van der Waals surface area contributed by atoms with Crippen molar-refractivity contribution in [1.82, 2.24) is 4.57 Å². The number of carbonyl (C=O) groups is 1. The first kappa shape index (κ1) is 16.0. The first-order valence-corrected chi connectivity index (χ1v) is 8.11. The maximum atomic E-state index is 11.3. The second kappa shape index (κ2) is 6.73. The quantitative estimate of drug-likeness (QED) is 0.552. The minimum Gasteiger partial charge on any atom is -0.365 e.